The number of carboxylic acids is 1. The normalized spacial score (nSPS) is 18.3. The Morgan fingerprint density at radius 2 is 2.08 bits per heavy atom. The van der Waals surface area contributed by atoms with Gasteiger partial charge in [-0.25, -0.2) is 9.78 Å². The number of aromatic carboxylic acids is 1. The molecule has 0 saturated carbocycles. The first kappa shape index (κ1) is 16.5. The highest BCUT2D eigenvalue weighted by molar-refractivity contribution is 5.98. The Hall–Kier alpha value is -2.35. The smallest absolute Gasteiger partial charge is 0.433 e. The number of carbonyl (C=O) groups is 1. The molecule has 2 N–H and O–H groups in total. The van der Waals surface area contributed by atoms with Gasteiger partial charge in [-0.1, -0.05) is 0 Å². The third-order valence-corrected chi connectivity index (χ3v) is 4.22. The van der Waals surface area contributed by atoms with Gasteiger partial charge >= 0.3 is 12.1 Å². The highest BCUT2D eigenvalue weighted by atomic mass is 19.4. The zero-order valence-electron chi connectivity index (χ0n) is 12.5. The molecule has 128 valence electrons. The summed E-state index contributed by atoms with van der Waals surface area (Å²) in [4.78, 5) is 16.5. The van der Waals surface area contributed by atoms with Gasteiger partial charge in [0.1, 0.15) is 5.69 Å². The first-order chi connectivity index (χ1) is 11.3. The van der Waals surface area contributed by atoms with E-state index in [9.17, 15) is 23.1 Å². The van der Waals surface area contributed by atoms with Crippen molar-refractivity contribution >= 4 is 22.6 Å². The average molecular weight is 340 g/mol. The van der Waals surface area contributed by atoms with E-state index in [0.717, 1.165) is 12.5 Å². The largest absolute Gasteiger partial charge is 0.478 e. The first-order valence-corrected chi connectivity index (χ1v) is 7.44. The van der Waals surface area contributed by atoms with Gasteiger partial charge in [0, 0.05) is 17.6 Å². The molecule has 8 heteroatoms. The molecule has 1 aromatic heterocycles. The molecule has 1 fully saturated rings. The number of carboxylic acid groups (broad SMARTS) is 1. The van der Waals surface area contributed by atoms with Crippen molar-refractivity contribution in [2.24, 2.45) is 0 Å². The van der Waals surface area contributed by atoms with E-state index < -0.39 is 17.8 Å². The molecule has 0 radical (unpaired) electrons. The maximum absolute atomic E-state index is 13.1. The molecule has 0 bridgehead atoms. The molecule has 1 aliphatic rings. The molecule has 0 amide bonds. The summed E-state index contributed by atoms with van der Waals surface area (Å²) in [6.07, 6.45) is -3.20. The quantitative estimate of drug-likeness (QED) is 0.899. The van der Waals surface area contributed by atoms with E-state index in [2.05, 4.69) is 4.98 Å². The number of aliphatic hydroxyl groups is 1. The van der Waals surface area contributed by atoms with Crippen molar-refractivity contribution in [3.05, 3.63) is 35.5 Å². The van der Waals surface area contributed by atoms with Crippen LogP contribution in [0.4, 0.5) is 18.9 Å². The van der Waals surface area contributed by atoms with E-state index in [1.165, 1.54) is 18.2 Å². The van der Waals surface area contributed by atoms with Crippen LogP contribution in [-0.2, 0) is 6.18 Å². The predicted molar refractivity (Wildman–Crippen MR) is 81.2 cm³/mol. The molecule has 0 spiro atoms. The molecular formula is C16H15F3N2O3. The van der Waals surface area contributed by atoms with Crippen LogP contribution >= 0.6 is 0 Å². The Balaban J connectivity index is 2.25. The summed E-state index contributed by atoms with van der Waals surface area (Å²) < 4.78 is 39.4. The molecule has 1 atom stereocenters. The third-order valence-electron chi connectivity index (χ3n) is 4.22. The fourth-order valence-electron chi connectivity index (χ4n) is 3.07. The van der Waals surface area contributed by atoms with E-state index in [1.807, 2.05) is 0 Å². The monoisotopic (exact) mass is 340 g/mol. The van der Waals surface area contributed by atoms with E-state index >= 15 is 0 Å². The standard InChI is InChI=1S/C16H15F3N2O3/c17-16(18,19)14-7-13(21-5-1-2-10(21)8-22)11-6-9(15(23)24)3-4-12(11)20-14/h3-4,6-7,10,22H,1-2,5,8H2,(H,23,24). The van der Waals surface area contributed by atoms with Crippen LogP contribution in [0.1, 0.15) is 28.9 Å². The molecule has 2 heterocycles. The second-order valence-corrected chi connectivity index (χ2v) is 5.73. The number of nitrogens with zero attached hydrogens (tertiary/aromatic N) is 2. The minimum Gasteiger partial charge on any atom is -0.478 e. The van der Waals surface area contributed by atoms with Gasteiger partial charge in [0.25, 0.3) is 0 Å². The lowest BCUT2D eigenvalue weighted by Crippen LogP contribution is -2.32. The molecule has 1 unspecified atom stereocenters. The second-order valence-electron chi connectivity index (χ2n) is 5.73. The third kappa shape index (κ3) is 2.89. The van der Waals surface area contributed by atoms with Crippen molar-refractivity contribution in [1.82, 2.24) is 4.98 Å². The minimum atomic E-state index is -4.61. The lowest BCUT2D eigenvalue weighted by atomic mass is 10.1. The predicted octanol–water partition coefficient (Wildman–Crippen LogP) is 2.91. The van der Waals surface area contributed by atoms with Gasteiger partial charge in [-0.15, -0.1) is 0 Å². The Labute approximate surface area is 135 Å². The summed E-state index contributed by atoms with van der Waals surface area (Å²) in [7, 11) is 0. The van der Waals surface area contributed by atoms with Gasteiger partial charge in [-0.2, -0.15) is 13.2 Å². The summed E-state index contributed by atoms with van der Waals surface area (Å²) in [6, 6.07) is 4.48. The molecule has 24 heavy (non-hydrogen) atoms. The van der Waals surface area contributed by atoms with Crippen LogP contribution < -0.4 is 4.90 Å². The van der Waals surface area contributed by atoms with Crippen LogP contribution in [0.5, 0.6) is 0 Å². The Morgan fingerprint density at radius 1 is 1.33 bits per heavy atom. The van der Waals surface area contributed by atoms with Crippen molar-refractivity contribution in [2.45, 2.75) is 25.1 Å². The van der Waals surface area contributed by atoms with Gasteiger partial charge in [-0.3, -0.25) is 0 Å². The highest BCUT2D eigenvalue weighted by Crippen LogP contribution is 2.37. The number of hydrogen-bond acceptors (Lipinski definition) is 4. The molecule has 3 rings (SSSR count). The van der Waals surface area contributed by atoms with E-state index in [-0.39, 0.29) is 29.4 Å². The Morgan fingerprint density at radius 3 is 2.71 bits per heavy atom. The minimum absolute atomic E-state index is 0.0231. The van der Waals surface area contributed by atoms with Crippen molar-refractivity contribution in [3.8, 4) is 0 Å². The van der Waals surface area contributed by atoms with E-state index in [1.54, 1.807) is 4.90 Å². The van der Waals surface area contributed by atoms with Crippen LogP contribution in [0.3, 0.4) is 0 Å². The van der Waals surface area contributed by atoms with Crippen molar-refractivity contribution in [1.29, 1.82) is 0 Å². The number of rotatable bonds is 3. The highest BCUT2D eigenvalue weighted by Gasteiger charge is 2.35. The van der Waals surface area contributed by atoms with Crippen molar-refractivity contribution in [3.63, 3.8) is 0 Å². The SMILES string of the molecule is O=C(O)c1ccc2nc(C(F)(F)F)cc(N3CCCC3CO)c2c1. The van der Waals surface area contributed by atoms with Gasteiger partial charge < -0.3 is 15.1 Å². The van der Waals surface area contributed by atoms with Gasteiger partial charge in [0.15, 0.2) is 0 Å². The van der Waals surface area contributed by atoms with Gasteiger partial charge in [0.2, 0.25) is 0 Å². The number of fused-ring (bicyclic) bond motifs is 1. The number of benzene rings is 1. The molecular weight excluding hydrogens is 325 g/mol. The van der Waals surface area contributed by atoms with E-state index in [4.69, 9.17) is 5.11 Å². The lowest BCUT2D eigenvalue weighted by molar-refractivity contribution is -0.140. The van der Waals surface area contributed by atoms with Crippen LogP contribution in [0.2, 0.25) is 0 Å². The van der Waals surface area contributed by atoms with Gasteiger partial charge in [0.05, 0.1) is 23.7 Å². The average Bonchev–Trinajstić information content (AvgIpc) is 3.00. The number of pyridine rings is 1. The number of hydrogen-bond donors (Lipinski definition) is 2. The maximum atomic E-state index is 13.1. The summed E-state index contributed by atoms with van der Waals surface area (Å²) >= 11 is 0. The Bertz CT molecular complexity index is 792. The summed E-state index contributed by atoms with van der Waals surface area (Å²) in [5, 5.41) is 18.9. The van der Waals surface area contributed by atoms with Crippen molar-refractivity contribution in [2.75, 3.05) is 18.1 Å². The number of alkyl halides is 3. The second kappa shape index (κ2) is 5.94. The van der Waals surface area contributed by atoms with Crippen LogP contribution in [0.15, 0.2) is 24.3 Å². The number of halogens is 3. The molecule has 1 saturated heterocycles. The summed E-state index contributed by atoms with van der Waals surface area (Å²) in [5.41, 5.74) is -0.720. The molecule has 2 aromatic rings. The fraction of sp³-hybridized carbons (Fsp3) is 0.375. The number of anilines is 1. The van der Waals surface area contributed by atoms with Gasteiger partial charge in [-0.05, 0) is 37.1 Å². The number of aliphatic hydroxyl groups excluding tert-OH is 1. The van der Waals surface area contributed by atoms with Crippen LogP contribution in [0, 0.1) is 0 Å². The number of aromatic nitrogens is 1. The maximum Gasteiger partial charge on any atom is 0.433 e. The molecule has 1 aliphatic heterocycles. The zero-order valence-corrected chi connectivity index (χ0v) is 12.5. The van der Waals surface area contributed by atoms with Crippen molar-refractivity contribution < 1.29 is 28.2 Å². The first-order valence-electron chi connectivity index (χ1n) is 7.44. The molecule has 5 nitrogen and oxygen atoms in total. The van der Waals surface area contributed by atoms with E-state index in [0.29, 0.717) is 18.4 Å². The summed E-state index contributed by atoms with van der Waals surface area (Å²) in [5.74, 6) is -1.16. The zero-order chi connectivity index (χ0) is 17.5. The molecule has 1 aromatic carbocycles. The fourth-order valence-corrected chi connectivity index (χ4v) is 3.07. The Kier molecular flexibility index (Phi) is 4.08. The topological polar surface area (TPSA) is 73.7 Å². The van der Waals surface area contributed by atoms with Crippen LogP contribution in [-0.4, -0.2) is 40.4 Å². The summed E-state index contributed by atoms with van der Waals surface area (Å²) in [6.45, 7) is 0.322. The lowest BCUT2D eigenvalue weighted by Gasteiger charge is -2.27. The van der Waals surface area contributed by atoms with Crippen LogP contribution in [0.25, 0.3) is 10.9 Å². The molecule has 0 aliphatic carbocycles.